The van der Waals surface area contributed by atoms with Crippen molar-refractivity contribution in [1.29, 1.82) is 0 Å². The van der Waals surface area contributed by atoms with Gasteiger partial charge in [-0.2, -0.15) is 0 Å². The van der Waals surface area contributed by atoms with Crippen molar-refractivity contribution in [2.45, 2.75) is 46.0 Å². The molecule has 20 heavy (non-hydrogen) atoms. The van der Waals surface area contributed by atoms with Gasteiger partial charge in [0.15, 0.2) is 5.78 Å². The van der Waals surface area contributed by atoms with Gasteiger partial charge in [0.25, 0.3) is 0 Å². The van der Waals surface area contributed by atoms with E-state index in [9.17, 15) is 9.90 Å². The monoisotopic (exact) mass is 336 g/mol. The molecule has 108 valence electrons. The highest BCUT2D eigenvalue weighted by atomic mass is 79.9. The number of allylic oxidation sites excluding steroid dienone is 2. The maximum Gasteiger partial charge on any atom is 0.162 e. The van der Waals surface area contributed by atoms with Crippen LogP contribution in [0.4, 0.5) is 0 Å². The number of rotatable bonds is 4. The van der Waals surface area contributed by atoms with Crippen LogP contribution in [0.2, 0.25) is 0 Å². The molecule has 2 nitrogen and oxygen atoms in total. The van der Waals surface area contributed by atoms with Crippen LogP contribution in [-0.4, -0.2) is 10.9 Å². The van der Waals surface area contributed by atoms with Gasteiger partial charge < -0.3 is 5.11 Å². The van der Waals surface area contributed by atoms with E-state index in [0.29, 0.717) is 30.6 Å². The number of aliphatic hydroxyl groups is 1. The largest absolute Gasteiger partial charge is 0.511 e. The molecule has 0 aromatic heterocycles. The fourth-order valence-corrected chi connectivity index (χ4v) is 3.21. The van der Waals surface area contributed by atoms with Crippen molar-refractivity contribution < 1.29 is 9.90 Å². The van der Waals surface area contributed by atoms with Crippen LogP contribution in [0.15, 0.2) is 40.1 Å². The van der Waals surface area contributed by atoms with Gasteiger partial charge >= 0.3 is 0 Å². The van der Waals surface area contributed by atoms with Crippen LogP contribution in [-0.2, 0) is 11.2 Å². The first kappa shape index (κ1) is 15.3. The minimum absolute atomic E-state index is 0.0889. The van der Waals surface area contributed by atoms with E-state index in [1.165, 1.54) is 0 Å². The third-order valence-electron chi connectivity index (χ3n) is 4.07. The summed E-state index contributed by atoms with van der Waals surface area (Å²) < 4.78 is 1.04. The molecule has 3 heteroatoms. The molecular formula is C17H21BrO2. The van der Waals surface area contributed by atoms with Gasteiger partial charge in [0.2, 0.25) is 0 Å². The first-order valence-corrected chi connectivity index (χ1v) is 7.90. The smallest absolute Gasteiger partial charge is 0.162 e. The van der Waals surface area contributed by atoms with Gasteiger partial charge in [-0.3, -0.25) is 4.79 Å². The first-order valence-electron chi connectivity index (χ1n) is 7.11. The Morgan fingerprint density at radius 2 is 2.05 bits per heavy atom. The summed E-state index contributed by atoms with van der Waals surface area (Å²) in [5, 5.41) is 10.3. The SMILES string of the molecule is CC1(C)CCCC(C(=O)CCc2ccccc2Br)=C1O. The predicted octanol–water partition coefficient (Wildman–Crippen LogP) is 4.97. The summed E-state index contributed by atoms with van der Waals surface area (Å²) in [6.45, 7) is 4.01. The van der Waals surface area contributed by atoms with E-state index in [0.717, 1.165) is 22.9 Å². The molecule has 0 bridgehead atoms. The molecule has 0 saturated heterocycles. The van der Waals surface area contributed by atoms with Crippen LogP contribution < -0.4 is 0 Å². The standard InChI is InChI=1S/C17H21BrO2/c1-17(2)11-5-7-13(16(17)20)15(19)10-9-12-6-3-4-8-14(12)18/h3-4,6,8,20H,5,7,9-11H2,1-2H3. The molecule has 1 aliphatic rings. The van der Waals surface area contributed by atoms with Crippen molar-refractivity contribution in [2.24, 2.45) is 5.41 Å². The highest BCUT2D eigenvalue weighted by Crippen LogP contribution is 2.39. The molecule has 0 unspecified atom stereocenters. The van der Waals surface area contributed by atoms with E-state index in [1.807, 2.05) is 38.1 Å². The zero-order valence-electron chi connectivity index (χ0n) is 12.1. The second-order valence-corrected chi connectivity index (χ2v) is 6.93. The maximum atomic E-state index is 12.3. The van der Waals surface area contributed by atoms with Crippen LogP contribution >= 0.6 is 15.9 Å². The predicted molar refractivity (Wildman–Crippen MR) is 84.8 cm³/mol. The van der Waals surface area contributed by atoms with Crippen molar-refractivity contribution in [2.75, 3.05) is 0 Å². The quantitative estimate of drug-likeness (QED) is 0.842. The first-order chi connectivity index (χ1) is 9.42. The molecule has 1 aliphatic carbocycles. The van der Waals surface area contributed by atoms with Crippen molar-refractivity contribution >= 4 is 21.7 Å². The van der Waals surface area contributed by atoms with E-state index < -0.39 is 0 Å². The lowest BCUT2D eigenvalue weighted by Crippen LogP contribution is -2.24. The Kier molecular flexibility index (Phi) is 4.69. The van der Waals surface area contributed by atoms with E-state index in [1.54, 1.807) is 0 Å². The summed E-state index contributed by atoms with van der Waals surface area (Å²) in [6, 6.07) is 7.95. The summed E-state index contributed by atoms with van der Waals surface area (Å²) in [4.78, 5) is 12.3. The number of hydrogen-bond donors (Lipinski definition) is 1. The molecule has 0 saturated carbocycles. The molecule has 0 radical (unpaired) electrons. The summed E-state index contributed by atoms with van der Waals surface area (Å²) in [6.07, 6.45) is 3.80. The lowest BCUT2D eigenvalue weighted by Gasteiger charge is -2.30. The van der Waals surface area contributed by atoms with E-state index in [-0.39, 0.29) is 11.2 Å². The molecule has 0 spiro atoms. The fraction of sp³-hybridized carbons (Fsp3) is 0.471. The van der Waals surface area contributed by atoms with Gasteiger partial charge in [-0.1, -0.05) is 48.0 Å². The molecule has 1 aromatic rings. The zero-order chi connectivity index (χ0) is 14.8. The lowest BCUT2D eigenvalue weighted by molar-refractivity contribution is -0.116. The van der Waals surface area contributed by atoms with Crippen molar-refractivity contribution in [3.8, 4) is 0 Å². The Labute approximate surface area is 129 Å². The molecule has 2 rings (SSSR count). The highest BCUT2D eigenvalue weighted by molar-refractivity contribution is 9.10. The number of Topliss-reactive ketones (excluding diaryl/α,β-unsaturated/α-hetero) is 1. The van der Waals surface area contributed by atoms with Crippen LogP contribution in [0.5, 0.6) is 0 Å². The Balaban J connectivity index is 2.08. The van der Waals surface area contributed by atoms with Gasteiger partial charge in [-0.05, 0) is 37.3 Å². The van der Waals surface area contributed by atoms with Crippen molar-refractivity contribution in [3.63, 3.8) is 0 Å². The maximum absolute atomic E-state index is 12.3. The van der Waals surface area contributed by atoms with Crippen LogP contribution in [0.1, 0.15) is 45.1 Å². The molecule has 1 aromatic carbocycles. The number of carbonyl (C=O) groups is 1. The molecule has 1 N–H and O–H groups in total. The fourth-order valence-electron chi connectivity index (χ4n) is 2.72. The summed E-state index contributed by atoms with van der Waals surface area (Å²) in [7, 11) is 0. The number of aliphatic hydroxyl groups excluding tert-OH is 1. The number of aryl methyl sites for hydroxylation is 1. The number of halogens is 1. The average Bonchev–Trinajstić information content (AvgIpc) is 2.40. The van der Waals surface area contributed by atoms with Gasteiger partial charge in [0, 0.05) is 21.9 Å². The molecule has 0 aliphatic heterocycles. The minimum atomic E-state index is -0.253. The van der Waals surface area contributed by atoms with E-state index >= 15 is 0 Å². The summed E-state index contributed by atoms with van der Waals surface area (Å²) in [5.41, 5.74) is 1.53. The van der Waals surface area contributed by atoms with Gasteiger partial charge in [-0.25, -0.2) is 0 Å². The summed E-state index contributed by atoms with van der Waals surface area (Å²) >= 11 is 3.50. The average molecular weight is 337 g/mol. The van der Waals surface area contributed by atoms with Crippen LogP contribution in [0.25, 0.3) is 0 Å². The molecule has 0 atom stereocenters. The topological polar surface area (TPSA) is 37.3 Å². The number of hydrogen-bond acceptors (Lipinski definition) is 2. The number of ketones is 1. The Morgan fingerprint density at radius 1 is 1.35 bits per heavy atom. The van der Waals surface area contributed by atoms with Crippen LogP contribution in [0.3, 0.4) is 0 Å². The normalized spacial score (nSPS) is 18.1. The van der Waals surface area contributed by atoms with Gasteiger partial charge in [0.1, 0.15) is 5.76 Å². The molecular weight excluding hydrogens is 316 g/mol. The lowest BCUT2D eigenvalue weighted by atomic mass is 9.76. The van der Waals surface area contributed by atoms with Gasteiger partial charge in [-0.15, -0.1) is 0 Å². The second kappa shape index (κ2) is 6.13. The molecule has 0 heterocycles. The number of carbonyl (C=O) groups excluding carboxylic acids is 1. The Bertz CT molecular complexity index is 544. The molecule has 0 amide bonds. The van der Waals surface area contributed by atoms with E-state index in [2.05, 4.69) is 15.9 Å². The van der Waals surface area contributed by atoms with Crippen LogP contribution in [0, 0.1) is 5.41 Å². The minimum Gasteiger partial charge on any atom is -0.511 e. The van der Waals surface area contributed by atoms with Gasteiger partial charge in [0.05, 0.1) is 0 Å². The van der Waals surface area contributed by atoms with Crippen molar-refractivity contribution in [1.82, 2.24) is 0 Å². The molecule has 0 fully saturated rings. The summed E-state index contributed by atoms with van der Waals surface area (Å²) in [5.74, 6) is 0.395. The second-order valence-electron chi connectivity index (χ2n) is 6.08. The highest BCUT2D eigenvalue weighted by Gasteiger charge is 2.32. The Hall–Kier alpha value is -1.09. The Morgan fingerprint density at radius 3 is 2.75 bits per heavy atom. The zero-order valence-corrected chi connectivity index (χ0v) is 13.7. The third-order valence-corrected chi connectivity index (χ3v) is 4.84. The number of benzene rings is 1. The third kappa shape index (κ3) is 3.32. The van der Waals surface area contributed by atoms with Crippen molar-refractivity contribution in [3.05, 3.63) is 45.6 Å². The van der Waals surface area contributed by atoms with E-state index in [4.69, 9.17) is 0 Å².